The number of aliphatic hydroxyl groups is 2. The number of para-hydroxylation sites is 1. The summed E-state index contributed by atoms with van der Waals surface area (Å²) in [6.07, 6.45) is 12.3. The lowest BCUT2D eigenvalue weighted by atomic mass is 10.0. The Morgan fingerprint density at radius 1 is 0.864 bits per heavy atom. The number of hydrogen-bond acceptors (Lipinski definition) is 6. The molecule has 6 N–H and O–H groups in total. The number of fused-ring (bicyclic) bond motifs is 2. The number of benzene rings is 1. The minimum absolute atomic E-state index is 0.0449. The van der Waals surface area contributed by atoms with E-state index >= 15 is 0 Å². The fourth-order valence-corrected chi connectivity index (χ4v) is 4.46. The van der Waals surface area contributed by atoms with Crippen molar-refractivity contribution >= 4 is 34.5 Å². The molecule has 4 rings (SSSR count). The highest BCUT2D eigenvalue weighted by Crippen LogP contribution is 2.18. The number of carbonyl (C=O) groups excluding carboxylic acids is 4. The fourth-order valence-electron chi connectivity index (χ4n) is 4.46. The summed E-state index contributed by atoms with van der Waals surface area (Å²) in [5, 5.41) is 26.4. The van der Waals surface area contributed by atoms with Gasteiger partial charge in [0.2, 0.25) is 23.6 Å². The smallest absolute Gasteiger partial charge is 0.243 e. The Kier molecular flexibility index (Phi) is 20.2. The zero-order valence-electron chi connectivity index (χ0n) is 27.1. The number of H-pyrrole nitrogens is 1. The van der Waals surface area contributed by atoms with Gasteiger partial charge < -0.3 is 36.0 Å². The number of aromatic nitrogens is 1. The molecule has 1 aromatic carbocycles. The highest BCUT2D eigenvalue weighted by atomic mass is 16.3. The van der Waals surface area contributed by atoms with Crippen molar-refractivity contribution in [3.05, 3.63) is 36.0 Å². The minimum atomic E-state index is -0.555. The van der Waals surface area contributed by atoms with Crippen LogP contribution in [0.3, 0.4) is 0 Å². The van der Waals surface area contributed by atoms with Gasteiger partial charge in [0.25, 0.3) is 0 Å². The van der Waals surface area contributed by atoms with E-state index in [2.05, 4.69) is 41.7 Å². The first-order valence-electron chi connectivity index (χ1n) is 16.2. The van der Waals surface area contributed by atoms with Gasteiger partial charge in [-0.15, -0.1) is 0 Å². The van der Waals surface area contributed by atoms with Gasteiger partial charge in [0.1, 0.15) is 6.04 Å². The molecule has 2 fully saturated rings. The van der Waals surface area contributed by atoms with Gasteiger partial charge >= 0.3 is 0 Å². The predicted octanol–water partition coefficient (Wildman–Crippen LogP) is 3.53. The lowest BCUT2D eigenvalue weighted by Crippen LogP contribution is -2.56. The minimum Gasteiger partial charge on any atom is -0.393 e. The largest absolute Gasteiger partial charge is 0.393 e. The van der Waals surface area contributed by atoms with Crippen molar-refractivity contribution in [2.24, 2.45) is 0 Å². The summed E-state index contributed by atoms with van der Waals surface area (Å²) in [5.74, 6) is -1.44. The summed E-state index contributed by atoms with van der Waals surface area (Å²) < 4.78 is 0. The van der Waals surface area contributed by atoms with E-state index in [1.807, 2.05) is 37.4 Å². The molecule has 0 spiro atoms. The molecule has 2 aromatic rings. The number of piperidine rings is 1. The van der Waals surface area contributed by atoms with Crippen LogP contribution in [0.15, 0.2) is 30.5 Å². The van der Waals surface area contributed by atoms with Crippen LogP contribution in [0.4, 0.5) is 0 Å². The van der Waals surface area contributed by atoms with Crippen molar-refractivity contribution in [3.8, 4) is 0 Å². The van der Waals surface area contributed by atoms with Crippen LogP contribution in [0.1, 0.15) is 97.5 Å². The number of carbonyl (C=O) groups is 4. The molecule has 4 amide bonds. The van der Waals surface area contributed by atoms with Gasteiger partial charge in [-0.3, -0.25) is 19.2 Å². The summed E-state index contributed by atoms with van der Waals surface area (Å²) >= 11 is 0. The van der Waals surface area contributed by atoms with Gasteiger partial charge in [-0.2, -0.15) is 0 Å². The fraction of sp³-hybridized carbons (Fsp3) is 0.636. The normalized spacial score (nSPS) is 17.8. The van der Waals surface area contributed by atoms with Gasteiger partial charge in [-0.1, -0.05) is 78.0 Å². The van der Waals surface area contributed by atoms with E-state index in [0.29, 0.717) is 13.0 Å². The van der Waals surface area contributed by atoms with Crippen LogP contribution in [0.25, 0.3) is 10.9 Å². The van der Waals surface area contributed by atoms with Gasteiger partial charge in [-0.25, -0.2) is 0 Å². The quantitative estimate of drug-likeness (QED) is 0.260. The van der Waals surface area contributed by atoms with Crippen molar-refractivity contribution in [1.82, 2.24) is 25.8 Å². The number of rotatable bonds is 7. The Morgan fingerprint density at radius 2 is 1.52 bits per heavy atom. The average molecular weight is 618 g/mol. The zero-order valence-corrected chi connectivity index (χ0v) is 27.1. The van der Waals surface area contributed by atoms with Crippen LogP contribution in [0.5, 0.6) is 0 Å². The van der Waals surface area contributed by atoms with Crippen LogP contribution >= 0.6 is 0 Å². The molecule has 0 aliphatic carbocycles. The summed E-state index contributed by atoms with van der Waals surface area (Å²) in [6.45, 7) is 8.62. The second-order valence-corrected chi connectivity index (χ2v) is 10.9. The van der Waals surface area contributed by atoms with Gasteiger partial charge in [0.05, 0.1) is 32.3 Å². The van der Waals surface area contributed by atoms with E-state index < -0.39 is 17.9 Å². The topological polar surface area (TPSA) is 164 Å². The Bertz CT molecular complexity index is 1080. The van der Waals surface area contributed by atoms with E-state index in [1.54, 1.807) is 0 Å². The van der Waals surface area contributed by atoms with Gasteiger partial charge in [0.15, 0.2) is 0 Å². The molecule has 2 aliphatic heterocycles. The summed E-state index contributed by atoms with van der Waals surface area (Å²) in [7, 11) is 0. The standard InChI is InChI=1S/C12H18N4O4.C9H9NO.C8H18O.C4H10/c17-9-5-13-10(18)6-15-12(20)8-3-1-2-4-16(8)11(19)7-14-9;11-6-7-5-10-9-4-2-1-3-8(7)9;1-3-5-6-7-8(9)4-2;1-3-4-2/h8H,1-7H2,(H,13,18)(H,14,17)(H,15,20);1-5,10-11H,6H2;8-9H,3-7H2,1-2H3;3-4H2,1-2H3. The number of aliphatic hydroxyl groups excluding tert-OH is 2. The van der Waals surface area contributed by atoms with E-state index in [9.17, 15) is 19.2 Å². The second kappa shape index (κ2) is 23.0. The molecule has 44 heavy (non-hydrogen) atoms. The first-order chi connectivity index (χ1) is 21.2. The molecule has 2 aliphatic rings. The summed E-state index contributed by atoms with van der Waals surface area (Å²) in [5.41, 5.74) is 2.04. The molecule has 3 heterocycles. The first-order valence-corrected chi connectivity index (χ1v) is 16.2. The highest BCUT2D eigenvalue weighted by molar-refractivity contribution is 5.94. The Morgan fingerprint density at radius 3 is 2.16 bits per heavy atom. The Hall–Kier alpha value is -3.44. The van der Waals surface area contributed by atoms with Crippen molar-refractivity contribution in [2.75, 3.05) is 26.2 Å². The number of nitrogens with one attached hydrogen (secondary N) is 4. The third-order valence-electron chi connectivity index (χ3n) is 7.39. The molecule has 0 bridgehead atoms. The van der Waals surface area contributed by atoms with Crippen molar-refractivity contribution in [2.45, 2.75) is 111 Å². The third-order valence-corrected chi connectivity index (χ3v) is 7.39. The molecular formula is C33H55N5O6. The van der Waals surface area contributed by atoms with E-state index in [4.69, 9.17) is 10.2 Å². The van der Waals surface area contributed by atoms with Crippen LogP contribution in [0.2, 0.25) is 0 Å². The summed E-state index contributed by atoms with van der Waals surface area (Å²) in [4.78, 5) is 51.5. The number of aromatic amines is 1. The lowest BCUT2D eigenvalue weighted by molar-refractivity contribution is -0.143. The molecule has 2 saturated heterocycles. The van der Waals surface area contributed by atoms with Crippen LogP contribution in [-0.2, 0) is 25.8 Å². The van der Waals surface area contributed by atoms with E-state index in [-0.39, 0.29) is 44.2 Å². The lowest BCUT2D eigenvalue weighted by Gasteiger charge is -2.35. The number of amides is 4. The SMILES string of the molecule is CCCC.CCCCCC(O)CC.O=C1CNC(=O)CNC(=O)C2CCCCN2C(=O)CN1.OCc1c[nH]c2ccccc12. The molecule has 1 aromatic heterocycles. The van der Waals surface area contributed by atoms with Gasteiger partial charge in [0, 0.05) is 29.2 Å². The maximum Gasteiger partial charge on any atom is 0.243 e. The van der Waals surface area contributed by atoms with Crippen molar-refractivity contribution in [3.63, 3.8) is 0 Å². The van der Waals surface area contributed by atoms with Crippen LogP contribution < -0.4 is 16.0 Å². The second-order valence-electron chi connectivity index (χ2n) is 10.9. The molecule has 0 saturated carbocycles. The average Bonchev–Trinajstić information content (AvgIpc) is 3.48. The number of unbranched alkanes of at least 4 members (excludes halogenated alkanes) is 3. The first kappa shape index (κ1) is 38.6. The molecule has 0 radical (unpaired) electrons. The van der Waals surface area contributed by atoms with Crippen molar-refractivity contribution in [1.29, 1.82) is 0 Å². The maximum absolute atomic E-state index is 12.1. The molecule has 248 valence electrons. The van der Waals surface area contributed by atoms with E-state index in [1.165, 1.54) is 37.0 Å². The monoisotopic (exact) mass is 617 g/mol. The highest BCUT2D eigenvalue weighted by Gasteiger charge is 2.32. The van der Waals surface area contributed by atoms with E-state index in [0.717, 1.165) is 42.1 Å². The maximum atomic E-state index is 12.1. The van der Waals surface area contributed by atoms with Crippen LogP contribution in [-0.4, -0.2) is 82.1 Å². The molecule has 11 nitrogen and oxygen atoms in total. The van der Waals surface area contributed by atoms with Crippen molar-refractivity contribution < 1.29 is 29.4 Å². The Balaban J connectivity index is 0.000000339. The summed E-state index contributed by atoms with van der Waals surface area (Å²) in [6, 6.07) is 7.38. The van der Waals surface area contributed by atoms with Gasteiger partial charge in [-0.05, 0) is 38.2 Å². The van der Waals surface area contributed by atoms with Crippen LogP contribution in [0, 0.1) is 0 Å². The predicted molar refractivity (Wildman–Crippen MR) is 174 cm³/mol. The molecule has 2 atom stereocenters. The number of hydrogen-bond donors (Lipinski definition) is 6. The number of nitrogens with zero attached hydrogens (tertiary/aromatic N) is 1. The third kappa shape index (κ3) is 14.8. The Labute approximate surface area is 262 Å². The zero-order chi connectivity index (χ0) is 32.7. The molecule has 2 unspecified atom stereocenters. The molecular weight excluding hydrogens is 562 g/mol. The molecule has 11 heteroatoms.